The third-order valence-electron chi connectivity index (χ3n) is 2.08. The van der Waals surface area contributed by atoms with Crippen LogP contribution < -0.4 is 0 Å². The Balaban J connectivity index is 2.49. The van der Waals surface area contributed by atoms with Gasteiger partial charge >= 0.3 is 0 Å². The lowest BCUT2D eigenvalue weighted by Gasteiger charge is -2.04. The summed E-state index contributed by atoms with van der Waals surface area (Å²) in [6, 6.07) is 3.66. The number of pyridine rings is 1. The summed E-state index contributed by atoms with van der Waals surface area (Å²) in [4.78, 5) is 12.8. The van der Waals surface area contributed by atoms with E-state index in [1.807, 2.05) is 13.0 Å². The second-order valence-corrected chi connectivity index (χ2v) is 3.50. The number of aromatic nitrogens is 3. The zero-order chi connectivity index (χ0) is 10.7. The lowest BCUT2D eigenvalue weighted by atomic mass is 10.2. The molecule has 0 bridgehead atoms. The predicted molar refractivity (Wildman–Crippen MR) is 59.7 cm³/mol. The molecule has 0 spiro atoms. The van der Waals surface area contributed by atoms with E-state index in [9.17, 15) is 0 Å². The maximum absolute atomic E-state index is 5.77. The fourth-order valence-electron chi connectivity index (χ4n) is 1.36. The summed E-state index contributed by atoms with van der Waals surface area (Å²) in [7, 11) is 0. The maximum atomic E-state index is 5.77. The Kier molecular flexibility index (Phi) is 2.92. The molecule has 0 atom stereocenters. The highest BCUT2D eigenvalue weighted by molar-refractivity contribution is 6.30. The van der Waals surface area contributed by atoms with Gasteiger partial charge in [-0.15, -0.1) is 0 Å². The summed E-state index contributed by atoms with van der Waals surface area (Å²) in [5.41, 5.74) is 2.59. The summed E-state index contributed by atoms with van der Waals surface area (Å²) < 4.78 is 0. The molecule has 0 unspecified atom stereocenters. The average Bonchev–Trinajstić information content (AvgIpc) is 2.30. The van der Waals surface area contributed by atoms with Crippen molar-refractivity contribution in [2.75, 3.05) is 0 Å². The van der Waals surface area contributed by atoms with Crippen molar-refractivity contribution >= 4 is 11.6 Å². The lowest BCUT2D eigenvalue weighted by molar-refractivity contribution is 0.999. The average molecular weight is 220 g/mol. The van der Waals surface area contributed by atoms with Gasteiger partial charge in [0.15, 0.2) is 0 Å². The van der Waals surface area contributed by atoms with Gasteiger partial charge in [-0.25, -0.2) is 0 Å². The zero-order valence-electron chi connectivity index (χ0n) is 8.31. The molecule has 0 saturated heterocycles. The Bertz CT molecular complexity index is 454. The largest absolute Gasteiger partial charge is 0.257 e. The molecule has 0 fully saturated rings. The molecule has 2 rings (SSSR count). The zero-order valence-corrected chi connectivity index (χ0v) is 9.07. The van der Waals surface area contributed by atoms with E-state index in [4.69, 9.17) is 11.6 Å². The van der Waals surface area contributed by atoms with E-state index in [1.165, 1.54) is 0 Å². The van der Waals surface area contributed by atoms with Gasteiger partial charge in [0.1, 0.15) is 5.69 Å². The molecule has 4 heteroatoms. The van der Waals surface area contributed by atoms with E-state index in [0.717, 1.165) is 23.5 Å². The van der Waals surface area contributed by atoms with Crippen LogP contribution in [0.5, 0.6) is 0 Å². The molecule has 0 amide bonds. The Morgan fingerprint density at radius 1 is 1.13 bits per heavy atom. The second kappa shape index (κ2) is 4.36. The van der Waals surface area contributed by atoms with Crippen molar-refractivity contribution in [2.45, 2.75) is 13.3 Å². The Morgan fingerprint density at radius 2 is 1.93 bits per heavy atom. The van der Waals surface area contributed by atoms with E-state index in [0.29, 0.717) is 5.02 Å². The third-order valence-corrected chi connectivity index (χ3v) is 2.30. The minimum absolute atomic E-state index is 0.626. The van der Waals surface area contributed by atoms with E-state index in [1.54, 1.807) is 24.7 Å². The standard InChI is InChI=1S/C11H10ClN3/c1-2-9-11(14-6-5-13-9)10-4-3-8(12)7-15-10/h3-7H,2H2,1H3. The van der Waals surface area contributed by atoms with Crippen LogP contribution in [0.3, 0.4) is 0 Å². The molecule has 0 aromatic carbocycles. The third kappa shape index (κ3) is 2.13. The van der Waals surface area contributed by atoms with Gasteiger partial charge in [-0.1, -0.05) is 18.5 Å². The number of halogens is 1. The molecule has 3 nitrogen and oxygen atoms in total. The number of aryl methyl sites for hydroxylation is 1. The van der Waals surface area contributed by atoms with Crippen molar-refractivity contribution in [1.82, 2.24) is 15.0 Å². The molecule has 0 aliphatic rings. The molecule has 0 saturated carbocycles. The molecular weight excluding hydrogens is 210 g/mol. The van der Waals surface area contributed by atoms with Crippen molar-refractivity contribution in [3.8, 4) is 11.4 Å². The summed E-state index contributed by atoms with van der Waals surface area (Å²) in [6.45, 7) is 2.05. The van der Waals surface area contributed by atoms with Crippen molar-refractivity contribution in [2.24, 2.45) is 0 Å². The summed E-state index contributed by atoms with van der Waals surface area (Å²) in [6.07, 6.45) is 5.82. The molecule has 76 valence electrons. The van der Waals surface area contributed by atoms with Crippen LogP contribution in [0.25, 0.3) is 11.4 Å². The van der Waals surface area contributed by atoms with Gasteiger partial charge in [-0.05, 0) is 18.6 Å². The van der Waals surface area contributed by atoms with Crippen LogP contribution in [0.2, 0.25) is 5.02 Å². The lowest BCUT2D eigenvalue weighted by Crippen LogP contribution is -1.96. The number of hydrogen-bond acceptors (Lipinski definition) is 3. The summed E-state index contributed by atoms with van der Waals surface area (Å²) >= 11 is 5.77. The number of nitrogens with zero attached hydrogens (tertiary/aromatic N) is 3. The molecule has 15 heavy (non-hydrogen) atoms. The van der Waals surface area contributed by atoms with Crippen molar-refractivity contribution in [1.29, 1.82) is 0 Å². The van der Waals surface area contributed by atoms with Crippen LogP contribution in [-0.4, -0.2) is 15.0 Å². The highest BCUT2D eigenvalue weighted by atomic mass is 35.5. The van der Waals surface area contributed by atoms with Gasteiger partial charge in [0.25, 0.3) is 0 Å². The summed E-state index contributed by atoms with van der Waals surface area (Å²) in [5, 5.41) is 0.626. The van der Waals surface area contributed by atoms with E-state index in [-0.39, 0.29) is 0 Å². The fourth-order valence-corrected chi connectivity index (χ4v) is 1.47. The van der Waals surface area contributed by atoms with E-state index >= 15 is 0 Å². The van der Waals surface area contributed by atoms with Gasteiger partial charge in [-0.2, -0.15) is 0 Å². The molecule has 0 N–H and O–H groups in total. The molecular formula is C11H10ClN3. The fraction of sp³-hybridized carbons (Fsp3) is 0.182. The van der Waals surface area contributed by atoms with Crippen LogP contribution in [-0.2, 0) is 6.42 Å². The van der Waals surface area contributed by atoms with Gasteiger partial charge in [-0.3, -0.25) is 15.0 Å². The first-order chi connectivity index (χ1) is 7.31. The van der Waals surface area contributed by atoms with Crippen LogP contribution in [0.15, 0.2) is 30.7 Å². The van der Waals surface area contributed by atoms with E-state index < -0.39 is 0 Å². The van der Waals surface area contributed by atoms with Crippen LogP contribution in [0.1, 0.15) is 12.6 Å². The molecule has 0 radical (unpaired) electrons. The predicted octanol–water partition coefficient (Wildman–Crippen LogP) is 2.75. The van der Waals surface area contributed by atoms with Gasteiger partial charge in [0.2, 0.25) is 0 Å². The Labute approximate surface area is 93.2 Å². The highest BCUT2D eigenvalue weighted by Crippen LogP contribution is 2.18. The van der Waals surface area contributed by atoms with Crippen LogP contribution in [0.4, 0.5) is 0 Å². The highest BCUT2D eigenvalue weighted by Gasteiger charge is 2.06. The van der Waals surface area contributed by atoms with Crippen molar-refractivity contribution in [3.63, 3.8) is 0 Å². The Morgan fingerprint density at radius 3 is 2.60 bits per heavy atom. The molecule has 2 heterocycles. The molecule has 0 aliphatic carbocycles. The monoisotopic (exact) mass is 219 g/mol. The SMILES string of the molecule is CCc1nccnc1-c1ccc(Cl)cn1. The topological polar surface area (TPSA) is 38.7 Å². The van der Waals surface area contributed by atoms with Gasteiger partial charge < -0.3 is 0 Å². The van der Waals surface area contributed by atoms with Gasteiger partial charge in [0, 0.05) is 18.6 Å². The minimum atomic E-state index is 0.626. The summed E-state index contributed by atoms with van der Waals surface area (Å²) in [5.74, 6) is 0. The Hall–Kier alpha value is -1.48. The quantitative estimate of drug-likeness (QED) is 0.780. The van der Waals surface area contributed by atoms with Gasteiger partial charge in [0.05, 0.1) is 16.4 Å². The second-order valence-electron chi connectivity index (χ2n) is 3.07. The normalized spacial score (nSPS) is 10.3. The first kappa shape index (κ1) is 10.1. The molecule has 2 aromatic rings. The van der Waals surface area contributed by atoms with Crippen LogP contribution >= 0.6 is 11.6 Å². The molecule has 0 aliphatic heterocycles. The first-order valence-electron chi connectivity index (χ1n) is 4.73. The van der Waals surface area contributed by atoms with Crippen molar-refractivity contribution in [3.05, 3.63) is 41.4 Å². The smallest absolute Gasteiger partial charge is 0.110 e. The molecule has 2 aromatic heterocycles. The number of rotatable bonds is 2. The van der Waals surface area contributed by atoms with E-state index in [2.05, 4.69) is 15.0 Å². The number of hydrogen-bond donors (Lipinski definition) is 0. The van der Waals surface area contributed by atoms with Crippen molar-refractivity contribution < 1.29 is 0 Å². The first-order valence-corrected chi connectivity index (χ1v) is 5.11. The minimum Gasteiger partial charge on any atom is -0.257 e. The maximum Gasteiger partial charge on any atom is 0.110 e. The van der Waals surface area contributed by atoms with Crippen LogP contribution in [0, 0.1) is 0 Å².